The van der Waals surface area contributed by atoms with E-state index in [1.165, 1.54) is 0 Å². The van der Waals surface area contributed by atoms with Crippen molar-refractivity contribution in [2.75, 3.05) is 20.8 Å². The lowest BCUT2D eigenvalue weighted by molar-refractivity contribution is -0.120. The van der Waals surface area contributed by atoms with Crippen molar-refractivity contribution in [1.82, 2.24) is 5.32 Å². The molecule has 0 aliphatic rings. The Morgan fingerprint density at radius 1 is 1.42 bits per heavy atom. The Kier molecular flexibility index (Phi) is 7.03. The maximum atomic E-state index is 11.0. The van der Waals surface area contributed by atoms with Gasteiger partial charge in [-0.2, -0.15) is 0 Å². The Balaban J connectivity index is 3.44. The van der Waals surface area contributed by atoms with Crippen molar-refractivity contribution in [1.29, 1.82) is 0 Å². The molecule has 0 bridgehead atoms. The zero-order chi connectivity index (χ0) is 9.40. The summed E-state index contributed by atoms with van der Waals surface area (Å²) in [5.74, 6) is 0.0732. The predicted octanol–water partition coefficient (Wildman–Crippen LogP) is 0.0259. The molecule has 72 valence electrons. The SMILES string of the molecule is CCNC(=O)CC[SiH](OC)OC. The summed E-state index contributed by atoms with van der Waals surface area (Å²) in [5, 5.41) is 2.72. The first-order chi connectivity index (χ1) is 5.74. The Hall–Kier alpha value is -0.393. The molecule has 0 unspecified atom stereocenters. The molecule has 0 rings (SSSR count). The van der Waals surface area contributed by atoms with Gasteiger partial charge >= 0.3 is 9.28 Å². The van der Waals surface area contributed by atoms with E-state index in [9.17, 15) is 4.79 Å². The van der Waals surface area contributed by atoms with Gasteiger partial charge in [0, 0.05) is 27.2 Å². The summed E-state index contributed by atoms with van der Waals surface area (Å²) in [4.78, 5) is 11.0. The lowest BCUT2D eigenvalue weighted by Gasteiger charge is -2.09. The van der Waals surface area contributed by atoms with Crippen molar-refractivity contribution < 1.29 is 13.6 Å². The van der Waals surface area contributed by atoms with Crippen LogP contribution in [0, 0.1) is 0 Å². The summed E-state index contributed by atoms with van der Waals surface area (Å²) in [6.07, 6.45) is 0.506. The standard InChI is InChI=1S/C7H17NO3Si/c1-4-8-7(9)5-6-12(10-2)11-3/h12H,4-6H2,1-3H3,(H,8,9). The average molecular weight is 191 g/mol. The molecule has 1 N–H and O–H groups in total. The van der Waals surface area contributed by atoms with Crippen LogP contribution in [0.15, 0.2) is 0 Å². The van der Waals surface area contributed by atoms with Crippen LogP contribution < -0.4 is 5.32 Å². The molecular formula is C7H17NO3Si. The number of amides is 1. The van der Waals surface area contributed by atoms with Crippen molar-refractivity contribution in [3.8, 4) is 0 Å². The second-order valence-corrected chi connectivity index (χ2v) is 4.77. The fourth-order valence-corrected chi connectivity index (χ4v) is 2.03. The van der Waals surface area contributed by atoms with Crippen LogP contribution in [0.5, 0.6) is 0 Å². The number of hydrogen-bond donors (Lipinski definition) is 1. The van der Waals surface area contributed by atoms with Gasteiger partial charge in [0.1, 0.15) is 0 Å². The smallest absolute Gasteiger partial charge is 0.321 e. The third kappa shape index (κ3) is 5.28. The van der Waals surface area contributed by atoms with Crippen LogP contribution >= 0.6 is 0 Å². The van der Waals surface area contributed by atoms with Gasteiger partial charge in [-0.05, 0) is 13.0 Å². The number of rotatable bonds is 6. The van der Waals surface area contributed by atoms with E-state index in [0.717, 1.165) is 6.04 Å². The minimum absolute atomic E-state index is 0.0732. The highest BCUT2D eigenvalue weighted by Gasteiger charge is 2.11. The summed E-state index contributed by atoms with van der Waals surface area (Å²) in [6, 6.07) is 0.735. The molecule has 0 spiro atoms. The molecule has 0 heterocycles. The number of nitrogens with one attached hydrogen (secondary N) is 1. The zero-order valence-electron chi connectivity index (χ0n) is 7.92. The lowest BCUT2D eigenvalue weighted by atomic mass is 10.4. The van der Waals surface area contributed by atoms with Crippen molar-refractivity contribution in [2.45, 2.75) is 19.4 Å². The highest BCUT2D eigenvalue weighted by atomic mass is 28.3. The summed E-state index contributed by atoms with van der Waals surface area (Å²) in [5.41, 5.74) is 0. The van der Waals surface area contributed by atoms with Gasteiger partial charge in [-0.3, -0.25) is 4.79 Å². The quantitative estimate of drug-likeness (QED) is 0.602. The molecule has 5 heteroatoms. The zero-order valence-corrected chi connectivity index (χ0v) is 9.08. The molecule has 0 fully saturated rings. The van der Waals surface area contributed by atoms with Crippen molar-refractivity contribution >= 4 is 15.2 Å². The highest BCUT2D eigenvalue weighted by molar-refractivity contribution is 6.44. The molecule has 0 atom stereocenters. The lowest BCUT2D eigenvalue weighted by Crippen LogP contribution is -2.26. The van der Waals surface area contributed by atoms with E-state index in [2.05, 4.69) is 5.32 Å². The summed E-state index contributed by atoms with van der Waals surface area (Å²) >= 11 is 0. The van der Waals surface area contributed by atoms with Crippen LogP contribution in [-0.4, -0.2) is 36.0 Å². The number of carbonyl (C=O) groups excluding carboxylic acids is 1. The third-order valence-electron chi connectivity index (χ3n) is 1.51. The number of hydrogen-bond acceptors (Lipinski definition) is 3. The van der Waals surface area contributed by atoms with Crippen LogP contribution in [0.2, 0.25) is 6.04 Å². The van der Waals surface area contributed by atoms with Gasteiger partial charge in [0.15, 0.2) is 0 Å². The molecule has 0 aromatic rings. The summed E-state index contributed by atoms with van der Waals surface area (Å²) < 4.78 is 10.1. The monoisotopic (exact) mass is 191 g/mol. The van der Waals surface area contributed by atoms with Gasteiger partial charge < -0.3 is 14.2 Å². The maximum absolute atomic E-state index is 11.0. The molecule has 0 saturated carbocycles. The predicted molar refractivity (Wildman–Crippen MR) is 49.3 cm³/mol. The largest absolute Gasteiger partial charge is 0.400 e. The normalized spacial score (nSPS) is 10.3. The van der Waals surface area contributed by atoms with Gasteiger partial charge in [0.25, 0.3) is 0 Å². The van der Waals surface area contributed by atoms with E-state index < -0.39 is 9.28 Å². The molecule has 0 aromatic carbocycles. The molecule has 1 amide bonds. The first-order valence-electron chi connectivity index (χ1n) is 4.06. The van der Waals surface area contributed by atoms with Gasteiger partial charge in [0.05, 0.1) is 0 Å². The van der Waals surface area contributed by atoms with Crippen LogP contribution in [0.3, 0.4) is 0 Å². The molecule has 0 aromatic heterocycles. The van der Waals surface area contributed by atoms with E-state index in [1.54, 1.807) is 14.2 Å². The van der Waals surface area contributed by atoms with Crippen LogP contribution in [-0.2, 0) is 13.6 Å². The molecule has 0 radical (unpaired) electrons. The first-order valence-corrected chi connectivity index (χ1v) is 5.82. The molecule has 0 saturated heterocycles. The van der Waals surface area contributed by atoms with E-state index in [1.807, 2.05) is 6.92 Å². The van der Waals surface area contributed by atoms with Gasteiger partial charge in [-0.1, -0.05) is 0 Å². The Morgan fingerprint density at radius 3 is 2.42 bits per heavy atom. The van der Waals surface area contributed by atoms with Crippen LogP contribution in [0.25, 0.3) is 0 Å². The highest BCUT2D eigenvalue weighted by Crippen LogP contribution is 1.98. The van der Waals surface area contributed by atoms with Crippen molar-refractivity contribution in [3.63, 3.8) is 0 Å². The van der Waals surface area contributed by atoms with E-state index >= 15 is 0 Å². The fraction of sp³-hybridized carbons (Fsp3) is 0.857. The molecule has 4 nitrogen and oxygen atoms in total. The summed E-state index contributed by atoms with van der Waals surface area (Å²) in [6.45, 7) is 2.59. The summed E-state index contributed by atoms with van der Waals surface area (Å²) in [7, 11) is 1.71. The van der Waals surface area contributed by atoms with Crippen molar-refractivity contribution in [2.24, 2.45) is 0 Å². The van der Waals surface area contributed by atoms with Crippen molar-refractivity contribution in [3.05, 3.63) is 0 Å². The molecular weight excluding hydrogens is 174 g/mol. The van der Waals surface area contributed by atoms with Gasteiger partial charge in [-0.25, -0.2) is 0 Å². The Bertz CT molecular complexity index is 128. The van der Waals surface area contributed by atoms with Crippen LogP contribution in [0.4, 0.5) is 0 Å². The number of carbonyl (C=O) groups is 1. The molecule has 0 aliphatic carbocycles. The first kappa shape index (κ1) is 11.6. The molecule has 12 heavy (non-hydrogen) atoms. The minimum atomic E-state index is -1.53. The molecule has 0 aliphatic heterocycles. The fourth-order valence-electron chi connectivity index (χ4n) is 0.866. The van der Waals surface area contributed by atoms with E-state index in [-0.39, 0.29) is 5.91 Å². The topological polar surface area (TPSA) is 47.6 Å². The van der Waals surface area contributed by atoms with Crippen LogP contribution in [0.1, 0.15) is 13.3 Å². The second-order valence-electron chi connectivity index (χ2n) is 2.39. The Morgan fingerprint density at radius 2 is 2.00 bits per heavy atom. The minimum Gasteiger partial charge on any atom is -0.400 e. The Labute approximate surface area is 75.1 Å². The van der Waals surface area contributed by atoms with E-state index in [0.29, 0.717) is 13.0 Å². The maximum Gasteiger partial charge on any atom is 0.321 e. The second kappa shape index (κ2) is 7.27. The van der Waals surface area contributed by atoms with Gasteiger partial charge in [-0.15, -0.1) is 0 Å². The van der Waals surface area contributed by atoms with Gasteiger partial charge in [0.2, 0.25) is 5.91 Å². The third-order valence-corrected chi connectivity index (χ3v) is 3.32. The van der Waals surface area contributed by atoms with E-state index in [4.69, 9.17) is 8.85 Å². The average Bonchev–Trinajstić information content (AvgIpc) is 2.07.